The summed E-state index contributed by atoms with van der Waals surface area (Å²) in [5.74, 6) is 1.99. The van der Waals surface area contributed by atoms with E-state index in [2.05, 4.69) is 94.6 Å². The summed E-state index contributed by atoms with van der Waals surface area (Å²) in [5, 5.41) is 8.03. The summed E-state index contributed by atoms with van der Waals surface area (Å²) < 4.78 is 0. The van der Waals surface area contributed by atoms with Crippen LogP contribution in [-0.2, 0) is 38.5 Å². The number of unbranched alkanes of at least 4 members (excludes halogenated alkanes) is 90. The fourth-order valence-electron chi connectivity index (χ4n) is 21.8. The number of rotatable bonds is 107. The quantitative estimate of drug-likeness (QED) is 0.0431. The monoisotopic (exact) mass is 1850 g/mol. The topological polar surface area (TPSA) is 62.7 Å². The molecular weight excluding hydrogens is 1620 g/mol. The molecule has 0 aliphatic carbocycles. The summed E-state index contributed by atoms with van der Waals surface area (Å²) in [4.78, 5) is 16.3. The van der Waals surface area contributed by atoms with Gasteiger partial charge in [0.25, 0.3) is 0 Å². The summed E-state index contributed by atoms with van der Waals surface area (Å²) in [6.45, 7) is 14.0. The average Bonchev–Trinajstić information content (AvgIpc) is 0.804. The van der Waals surface area contributed by atoms with Crippen molar-refractivity contribution >= 4 is 23.3 Å². The van der Waals surface area contributed by atoms with E-state index in [4.69, 9.17) is 15.0 Å². The van der Waals surface area contributed by atoms with Crippen LogP contribution in [0.2, 0.25) is 0 Å². The summed E-state index contributed by atoms with van der Waals surface area (Å²) in [6, 6.07) is 22.0. The Bertz CT molecular complexity index is 2760. The second kappa shape index (κ2) is 96.7. The zero-order valence-electron chi connectivity index (χ0n) is 91.6. The Morgan fingerprint density at radius 2 is 0.313 bits per heavy atom. The first-order chi connectivity index (χ1) is 66.5. The van der Waals surface area contributed by atoms with Gasteiger partial charge in [0.05, 0.1) is 0 Å². The summed E-state index contributed by atoms with van der Waals surface area (Å²) in [7, 11) is 0. The molecule has 2 N–H and O–H groups in total. The minimum absolute atomic E-state index is 0.638. The predicted octanol–water partition coefficient (Wildman–Crippen LogP) is 45.6. The van der Waals surface area contributed by atoms with Crippen LogP contribution in [-0.4, -0.2) is 15.0 Å². The molecule has 0 aliphatic rings. The zero-order chi connectivity index (χ0) is 95.0. The van der Waals surface area contributed by atoms with Crippen molar-refractivity contribution in [1.82, 2.24) is 15.0 Å². The van der Waals surface area contributed by atoms with Crippen molar-refractivity contribution < 1.29 is 0 Å². The van der Waals surface area contributed by atoms with E-state index in [-0.39, 0.29) is 0 Å². The van der Waals surface area contributed by atoms with Crippen LogP contribution in [0.5, 0.6) is 0 Å². The number of aryl methyl sites for hydroxylation is 4. The fraction of sp³-hybridized carbons (Fsp3) is 0.837. The second-order valence-corrected chi connectivity index (χ2v) is 43.7. The lowest BCUT2D eigenvalue weighted by Gasteiger charge is -2.20. The molecule has 5 nitrogen and oxygen atoms in total. The lowest BCUT2D eigenvalue weighted by atomic mass is 9.89. The van der Waals surface area contributed by atoms with Gasteiger partial charge in [0, 0.05) is 16.9 Å². The highest BCUT2D eigenvalue weighted by Gasteiger charge is 2.19. The van der Waals surface area contributed by atoms with Crippen molar-refractivity contribution in [3.8, 4) is 11.4 Å². The van der Waals surface area contributed by atoms with Crippen LogP contribution in [0.25, 0.3) is 11.4 Å². The van der Waals surface area contributed by atoms with Crippen molar-refractivity contribution in [2.75, 3.05) is 10.6 Å². The van der Waals surface area contributed by atoms with Crippen molar-refractivity contribution in [2.45, 2.75) is 696 Å². The van der Waals surface area contributed by atoms with E-state index in [1.54, 1.807) is 33.4 Å². The van der Waals surface area contributed by atoms with Gasteiger partial charge in [-0.15, -0.1) is 0 Å². The van der Waals surface area contributed by atoms with Gasteiger partial charge in [-0.25, -0.2) is 0 Å². The van der Waals surface area contributed by atoms with Crippen LogP contribution >= 0.6 is 0 Å². The Balaban J connectivity index is 1.67. The molecule has 1 radical (unpaired) electrons. The standard InChI is InChI=1S/C129H232N5/c1-7-13-19-25-31-37-43-49-55-61-67-73-79-85-91-98-108-119-114-123(115-120(109-99-92-86-80-74-68-62-56-50-44-38-32-26-20-14-8-2)125(119)112-104-95-89-83-77-71-65-59-53-47-41-35-29-23-17-11-5)130-128-132-127(118-106-102-97-103-107-118)133-129(134-128)131-124-116-121(110-100-93-87-81-75-69-63-57-51-45-39-33-27-21-15-9-3)126(113-105-96-90-84-78-72-66-60-54-48-42-36-30-24-18-12-6)122(117-124)111-101-94-88-82-76-70-64-58-52-46-40-34-28-22-16-10-4/h102-103,106-107,114-117H,7-96,98-101,104-105,108-113H2,1-6H3,(H2,130,131,132,133,134). The number of anilines is 4. The highest BCUT2D eigenvalue weighted by molar-refractivity contribution is 5.66. The maximum absolute atomic E-state index is 5.50. The molecule has 0 spiro atoms. The highest BCUT2D eigenvalue weighted by Crippen LogP contribution is 2.35. The molecule has 3 aromatic carbocycles. The Labute approximate surface area is 839 Å². The molecule has 0 saturated carbocycles. The van der Waals surface area contributed by atoms with E-state index in [1.165, 1.54) is 629 Å². The zero-order valence-corrected chi connectivity index (χ0v) is 91.6. The van der Waals surface area contributed by atoms with Gasteiger partial charge < -0.3 is 10.6 Å². The summed E-state index contributed by atoms with van der Waals surface area (Å²) >= 11 is 0. The lowest BCUT2D eigenvalue weighted by molar-refractivity contribution is 0.527. The Kier molecular flexibility index (Phi) is 88.5. The van der Waals surface area contributed by atoms with E-state index >= 15 is 0 Å². The molecule has 0 saturated heterocycles. The number of benzene rings is 3. The SMILES string of the molecule is CCCCCCCCCCCCCCCCCCc1cc(Nc2nc(Nc3cc(CCCCCCCCCCCCCCCCCC)c(CCCCCCCCCCCCCCCCCC)c(CCCCCCCCCCCCCCCCCC)c3)nc(-c3cc[c]cc3)n2)cc(CCCCCCCCCCCCCCCCCC)c1CCCCCCCCCCCCCCCCCC. The van der Waals surface area contributed by atoms with Crippen LogP contribution < -0.4 is 10.6 Å². The van der Waals surface area contributed by atoms with Crippen LogP contribution in [0.4, 0.5) is 23.3 Å². The number of aromatic nitrogens is 3. The van der Waals surface area contributed by atoms with E-state index in [9.17, 15) is 0 Å². The molecule has 0 bridgehead atoms. The molecule has 1 heterocycles. The molecule has 1 aromatic heterocycles. The highest BCUT2D eigenvalue weighted by atomic mass is 15.2. The van der Waals surface area contributed by atoms with Gasteiger partial charge in [0.2, 0.25) is 11.9 Å². The lowest BCUT2D eigenvalue weighted by Crippen LogP contribution is -2.09. The van der Waals surface area contributed by atoms with Gasteiger partial charge in [-0.2, -0.15) is 15.0 Å². The van der Waals surface area contributed by atoms with Crippen molar-refractivity contribution in [2.24, 2.45) is 0 Å². The molecule has 773 valence electrons. The molecule has 0 amide bonds. The van der Waals surface area contributed by atoms with Crippen LogP contribution in [0.1, 0.15) is 691 Å². The summed E-state index contributed by atoms with van der Waals surface area (Å²) in [6.07, 6.45) is 142. The van der Waals surface area contributed by atoms with Gasteiger partial charge in [-0.05, 0) is 141 Å². The van der Waals surface area contributed by atoms with Gasteiger partial charge in [0.1, 0.15) is 0 Å². The second-order valence-electron chi connectivity index (χ2n) is 43.7. The first-order valence-electron chi connectivity index (χ1n) is 62.1. The van der Waals surface area contributed by atoms with Crippen LogP contribution in [0, 0.1) is 6.07 Å². The Morgan fingerprint density at radius 3 is 0.470 bits per heavy atom. The molecule has 134 heavy (non-hydrogen) atoms. The fourth-order valence-corrected chi connectivity index (χ4v) is 21.8. The van der Waals surface area contributed by atoms with E-state index < -0.39 is 0 Å². The molecule has 0 atom stereocenters. The largest absolute Gasteiger partial charge is 0.324 e. The minimum Gasteiger partial charge on any atom is -0.324 e. The summed E-state index contributed by atoms with van der Waals surface area (Å²) in [5.41, 5.74) is 13.0. The number of hydrogen-bond acceptors (Lipinski definition) is 5. The third-order valence-corrected chi connectivity index (χ3v) is 30.8. The van der Waals surface area contributed by atoms with Crippen molar-refractivity contribution in [1.29, 1.82) is 0 Å². The van der Waals surface area contributed by atoms with Gasteiger partial charge in [-0.3, -0.25) is 0 Å². The van der Waals surface area contributed by atoms with Gasteiger partial charge >= 0.3 is 0 Å². The number of nitrogens with one attached hydrogen (secondary N) is 2. The predicted molar refractivity (Wildman–Crippen MR) is 603 cm³/mol. The smallest absolute Gasteiger partial charge is 0.232 e. The van der Waals surface area contributed by atoms with Crippen molar-refractivity contribution in [3.63, 3.8) is 0 Å². The molecular formula is C129H232N5. The molecule has 5 heteroatoms. The Hall–Kier alpha value is -3.73. The van der Waals surface area contributed by atoms with Gasteiger partial charge in [0.15, 0.2) is 5.82 Å². The molecule has 4 aromatic rings. The third-order valence-electron chi connectivity index (χ3n) is 30.8. The minimum atomic E-state index is 0.638. The first kappa shape index (κ1) is 123. The van der Waals surface area contributed by atoms with Crippen molar-refractivity contribution in [3.05, 3.63) is 88.0 Å². The van der Waals surface area contributed by atoms with E-state index in [1.807, 2.05) is 12.1 Å². The average molecular weight is 1850 g/mol. The molecule has 0 fully saturated rings. The molecule has 0 aliphatic heterocycles. The Morgan fingerprint density at radius 1 is 0.172 bits per heavy atom. The van der Waals surface area contributed by atoms with Crippen LogP contribution in [0.15, 0.2) is 48.5 Å². The van der Waals surface area contributed by atoms with E-state index in [0.717, 1.165) is 42.6 Å². The number of hydrogen-bond donors (Lipinski definition) is 2. The molecule has 0 unspecified atom stereocenters. The maximum Gasteiger partial charge on any atom is 0.232 e. The normalized spacial score (nSPS) is 11.7. The van der Waals surface area contributed by atoms with E-state index in [0.29, 0.717) is 17.7 Å². The molecule has 4 rings (SSSR count). The van der Waals surface area contributed by atoms with Gasteiger partial charge in [-0.1, -0.05) is 644 Å². The maximum atomic E-state index is 5.50. The number of nitrogens with zero attached hydrogens (tertiary/aromatic N) is 3. The first-order valence-corrected chi connectivity index (χ1v) is 62.1. The van der Waals surface area contributed by atoms with Crippen LogP contribution in [0.3, 0.4) is 0 Å². The third kappa shape index (κ3) is 73.4.